The first-order valence-electron chi connectivity index (χ1n) is 5.86. The molecule has 3 nitrogen and oxygen atoms in total. The summed E-state index contributed by atoms with van der Waals surface area (Å²) in [5, 5.41) is 4.37. The number of nitrogens with zero attached hydrogens (tertiary/aromatic N) is 1. The third-order valence-electron chi connectivity index (χ3n) is 2.39. The maximum Gasteiger partial charge on any atom is 0.170 e. The lowest BCUT2D eigenvalue weighted by molar-refractivity contribution is 0.669. The van der Waals surface area contributed by atoms with Crippen LogP contribution in [0, 0.1) is 0 Å². The van der Waals surface area contributed by atoms with Gasteiger partial charge >= 0.3 is 0 Å². The van der Waals surface area contributed by atoms with Crippen molar-refractivity contribution in [2.45, 2.75) is 29.9 Å². The minimum absolute atomic E-state index is 0.914. The minimum Gasteiger partial charge on any atom is -0.339 e. The largest absolute Gasteiger partial charge is 0.339 e. The number of aromatic amines is 1. The molecule has 4 heteroatoms. The van der Waals surface area contributed by atoms with Crippen molar-refractivity contribution in [1.29, 1.82) is 0 Å². The normalized spacial score (nSPS) is 10.6. The number of hydrogen-bond acceptors (Lipinski definition) is 3. The Morgan fingerprint density at radius 2 is 2.24 bits per heavy atom. The molecule has 0 spiro atoms. The number of benzene rings is 1. The molecule has 0 radical (unpaired) electrons. The third kappa shape index (κ3) is 3.61. The molecule has 0 saturated carbocycles. The summed E-state index contributed by atoms with van der Waals surface area (Å²) in [7, 11) is 0. The van der Waals surface area contributed by atoms with Crippen molar-refractivity contribution in [3.8, 4) is 0 Å². The molecule has 17 heavy (non-hydrogen) atoms. The highest BCUT2D eigenvalue weighted by atomic mass is 32.2. The second-order valence-corrected chi connectivity index (χ2v) is 4.81. The summed E-state index contributed by atoms with van der Waals surface area (Å²) in [4.78, 5) is 8.60. The van der Waals surface area contributed by atoms with Crippen molar-refractivity contribution in [2.24, 2.45) is 0 Å². The van der Waals surface area contributed by atoms with E-state index in [1.165, 1.54) is 10.5 Å². The van der Waals surface area contributed by atoms with E-state index < -0.39 is 0 Å². The molecule has 0 saturated heterocycles. The number of hydrogen-bond donors (Lipinski definition) is 2. The number of nitrogens with one attached hydrogen (secondary N) is 2. The van der Waals surface area contributed by atoms with Crippen molar-refractivity contribution in [2.75, 3.05) is 6.54 Å². The third-order valence-corrected chi connectivity index (χ3v) is 3.43. The van der Waals surface area contributed by atoms with Gasteiger partial charge in [-0.2, -0.15) is 0 Å². The molecule has 0 aliphatic heterocycles. The Morgan fingerprint density at radius 3 is 3.00 bits per heavy atom. The predicted octanol–water partition coefficient (Wildman–Crippen LogP) is 3.06. The van der Waals surface area contributed by atoms with Gasteiger partial charge in [0, 0.05) is 23.8 Å². The van der Waals surface area contributed by atoms with Crippen LogP contribution in [0.4, 0.5) is 0 Å². The van der Waals surface area contributed by atoms with Gasteiger partial charge in [-0.1, -0.05) is 36.9 Å². The van der Waals surface area contributed by atoms with Crippen LogP contribution in [-0.2, 0) is 6.54 Å². The van der Waals surface area contributed by atoms with E-state index in [4.69, 9.17) is 0 Å². The van der Waals surface area contributed by atoms with Crippen molar-refractivity contribution in [3.05, 3.63) is 42.2 Å². The Bertz CT molecular complexity index is 440. The van der Waals surface area contributed by atoms with Crippen molar-refractivity contribution < 1.29 is 0 Å². The van der Waals surface area contributed by atoms with Gasteiger partial charge in [0.2, 0.25) is 0 Å². The molecule has 2 N–H and O–H groups in total. The maximum absolute atomic E-state index is 4.24. The highest BCUT2D eigenvalue weighted by Gasteiger charge is 2.04. The van der Waals surface area contributed by atoms with Crippen molar-refractivity contribution in [1.82, 2.24) is 15.3 Å². The van der Waals surface area contributed by atoms with Gasteiger partial charge in [0.05, 0.1) is 0 Å². The summed E-state index contributed by atoms with van der Waals surface area (Å²) in [5.74, 6) is 0. The summed E-state index contributed by atoms with van der Waals surface area (Å²) in [6.45, 7) is 4.15. The maximum atomic E-state index is 4.24. The summed E-state index contributed by atoms with van der Waals surface area (Å²) < 4.78 is 0. The van der Waals surface area contributed by atoms with Gasteiger partial charge in [-0.15, -0.1) is 0 Å². The Hall–Kier alpha value is -1.26. The van der Waals surface area contributed by atoms with Crippen molar-refractivity contribution >= 4 is 11.8 Å². The number of H-pyrrole nitrogens is 1. The van der Waals surface area contributed by atoms with Crippen LogP contribution in [0.2, 0.25) is 0 Å². The second kappa shape index (κ2) is 6.47. The van der Waals surface area contributed by atoms with Gasteiger partial charge in [-0.25, -0.2) is 4.98 Å². The van der Waals surface area contributed by atoms with E-state index >= 15 is 0 Å². The number of imidazole rings is 1. The first kappa shape index (κ1) is 12.2. The molecule has 0 atom stereocenters. The zero-order valence-corrected chi connectivity index (χ0v) is 10.8. The minimum atomic E-state index is 0.914. The SMILES string of the molecule is CCCNCc1ccccc1Sc1ncc[nH]1. The number of rotatable bonds is 6. The Morgan fingerprint density at radius 1 is 1.35 bits per heavy atom. The molecule has 0 fully saturated rings. The van der Waals surface area contributed by atoms with Crippen LogP contribution in [-0.4, -0.2) is 16.5 Å². The molecule has 2 aromatic rings. The van der Waals surface area contributed by atoms with E-state index in [-0.39, 0.29) is 0 Å². The Balaban J connectivity index is 2.05. The van der Waals surface area contributed by atoms with Gasteiger partial charge in [0.1, 0.15) is 0 Å². The quantitative estimate of drug-likeness (QED) is 0.771. The van der Waals surface area contributed by atoms with Gasteiger partial charge in [0.15, 0.2) is 5.16 Å². The second-order valence-electron chi connectivity index (χ2n) is 3.78. The summed E-state index contributed by atoms with van der Waals surface area (Å²) in [5.41, 5.74) is 1.32. The van der Waals surface area contributed by atoms with Crippen molar-refractivity contribution in [3.63, 3.8) is 0 Å². The fraction of sp³-hybridized carbons (Fsp3) is 0.308. The summed E-state index contributed by atoms with van der Waals surface area (Å²) >= 11 is 1.67. The smallest absolute Gasteiger partial charge is 0.170 e. The summed E-state index contributed by atoms with van der Waals surface area (Å²) in [6, 6.07) is 8.44. The van der Waals surface area contributed by atoms with E-state index in [9.17, 15) is 0 Å². The van der Waals surface area contributed by atoms with E-state index in [0.717, 1.165) is 24.7 Å². The van der Waals surface area contributed by atoms with Crippen LogP contribution in [0.3, 0.4) is 0 Å². The average molecular weight is 247 g/mol. The molecular formula is C13H17N3S. The highest BCUT2D eigenvalue weighted by Crippen LogP contribution is 2.27. The Kier molecular flexibility index (Phi) is 4.64. The number of aromatic nitrogens is 2. The lowest BCUT2D eigenvalue weighted by atomic mass is 10.2. The topological polar surface area (TPSA) is 40.7 Å². The van der Waals surface area contributed by atoms with E-state index in [0.29, 0.717) is 0 Å². The standard InChI is InChI=1S/C13H17N3S/c1-2-7-14-10-11-5-3-4-6-12(11)17-13-15-8-9-16-13/h3-6,8-9,14H,2,7,10H2,1H3,(H,15,16). The van der Waals surface area contributed by atoms with Gasteiger partial charge in [0.25, 0.3) is 0 Å². The van der Waals surface area contributed by atoms with Crippen LogP contribution in [0.1, 0.15) is 18.9 Å². The molecule has 0 amide bonds. The van der Waals surface area contributed by atoms with Crippen LogP contribution in [0.5, 0.6) is 0 Å². The highest BCUT2D eigenvalue weighted by molar-refractivity contribution is 7.99. The van der Waals surface area contributed by atoms with E-state index in [2.05, 4.69) is 46.5 Å². The van der Waals surface area contributed by atoms with Gasteiger partial charge < -0.3 is 10.3 Å². The van der Waals surface area contributed by atoms with E-state index in [1.807, 2.05) is 6.20 Å². The first-order chi connectivity index (χ1) is 8.40. The Labute approximate surface area is 106 Å². The predicted molar refractivity (Wildman–Crippen MR) is 71.2 cm³/mol. The van der Waals surface area contributed by atoms with Gasteiger partial charge in [-0.3, -0.25) is 0 Å². The lowest BCUT2D eigenvalue weighted by Crippen LogP contribution is -2.14. The monoisotopic (exact) mass is 247 g/mol. The van der Waals surface area contributed by atoms with Crippen LogP contribution in [0.15, 0.2) is 46.7 Å². The van der Waals surface area contributed by atoms with Gasteiger partial charge in [-0.05, 0) is 24.6 Å². The molecule has 1 aromatic carbocycles. The van der Waals surface area contributed by atoms with Crippen LogP contribution in [0.25, 0.3) is 0 Å². The van der Waals surface area contributed by atoms with Crippen LogP contribution < -0.4 is 5.32 Å². The lowest BCUT2D eigenvalue weighted by Gasteiger charge is -2.08. The fourth-order valence-corrected chi connectivity index (χ4v) is 2.43. The van der Waals surface area contributed by atoms with E-state index in [1.54, 1.807) is 18.0 Å². The molecule has 1 heterocycles. The molecule has 2 rings (SSSR count). The molecule has 0 aliphatic carbocycles. The summed E-state index contributed by atoms with van der Waals surface area (Å²) in [6.07, 6.45) is 4.79. The molecule has 90 valence electrons. The molecular weight excluding hydrogens is 230 g/mol. The molecule has 1 aromatic heterocycles. The van der Waals surface area contributed by atoms with Crippen LogP contribution >= 0.6 is 11.8 Å². The first-order valence-corrected chi connectivity index (χ1v) is 6.67. The zero-order valence-electron chi connectivity index (χ0n) is 9.94. The molecule has 0 aliphatic rings. The average Bonchev–Trinajstić information content (AvgIpc) is 2.84. The fourth-order valence-electron chi connectivity index (χ4n) is 1.56. The molecule has 0 unspecified atom stereocenters. The zero-order chi connectivity index (χ0) is 11.9. The molecule has 0 bridgehead atoms.